The summed E-state index contributed by atoms with van der Waals surface area (Å²) < 4.78 is 0. The molecule has 0 unspecified atom stereocenters. The van der Waals surface area contributed by atoms with E-state index in [2.05, 4.69) is 9.98 Å². The molecule has 3 rings (SSSR count). The molecule has 0 atom stereocenters. The lowest BCUT2D eigenvalue weighted by Crippen LogP contribution is -1.96. The number of hydrogen-bond acceptors (Lipinski definition) is 3. The molecule has 0 bridgehead atoms. The van der Waals surface area contributed by atoms with E-state index in [1.165, 1.54) is 0 Å². The Balaban J connectivity index is 0.000000514. The van der Waals surface area contributed by atoms with Crippen LogP contribution in [0.15, 0.2) is 29.4 Å². The quantitative estimate of drug-likeness (QED) is 0.751. The Hall–Kier alpha value is -2.23. The normalized spacial score (nSPS) is 12.2. The number of aromatic nitrogens is 1. The zero-order chi connectivity index (χ0) is 12.4. The molecule has 0 spiro atoms. The molecule has 1 aromatic heterocycles. The average molecular weight is 227 g/mol. The van der Waals surface area contributed by atoms with Gasteiger partial charge in [-0.1, -0.05) is 13.8 Å². The Morgan fingerprint density at radius 1 is 1.18 bits per heavy atom. The molecule has 86 valence electrons. The van der Waals surface area contributed by atoms with Crippen molar-refractivity contribution in [2.45, 2.75) is 13.8 Å². The highest BCUT2D eigenvalue weighted by molar-refractivity contribution is 6.20. The van der Waals surface area contributed by atoms with E-state index in [9.17, 15) is 4.79 Å². The van der Waals surface area contributed by atoms with Crippen molar-refractivity contribution in [1.82, 2.24) is 4.98 Å². The molecule has 1 aliphatic rings. The Labute approximate surface area is 99.2 Å². The van der Waals surface area contributed by atoms with Crippen LogP contribution in [0, 0.1) is 0 Å². The third-order valence-corrected chi connectivity index (χ3v) is 2.52. The standard InChI is InChI=1S/C11H7N3O.C2H6/c12-8-3-4-13-9-2-1-6-7(10(8)9)5-14-11(6)15;1-2/h1-5H,(H2,12,13);1-2H3. The number of carbonyl (C=O) groups excluding carboxylic acids is 1. The fourth-order valence-corrected chi connectivity index (χ4v) is 1.81. The number of anilines is 1. The van der Waals surface area contributed by atoms with Crippen LogP contribution in [0.3, 0.4) is 0 Å². The van der Waals surface area contributed by atoms with Gasteiger partial charge in [0, 0.05) is 29.0 Å². The molecule has 1 amide bonds. The zero-order valence-corrected chi connectivity index (χ0v) is 9.77. The number of nitrogen functional groups attached to an aromatic ring is 1. The van der Waals surface area contributed by atoms with Crippen molar-refractivity contribution in [3.8, 4) is 0 Å². The molecule has 4 heteroatoms. The highest BCUT2D eigenvalue weighted by Crippen LogP contribution is 2.27. The van der Waals surface area contributed by atoms with Crippen LogP contribution in [-0.4, -0.2) is 17.1 Å². The second-order valence-electron chi connectivity index (χ2n) is 3.38. The minimum Gasteiger partial charge on any atom is -0.398 e. The molecule has 0 saturated carbocycles. The molecule has 2 N–H and O–H groups in total. The van der Waals surface area contributed by atoms with Gasteiger partial charge in [0.1, 0.15) is 0 Å². The van der Waals surface area contributed by atoms with E-state index < -0.39 is 0 Å². The number of benzene rings is 1. The molecular weight excluding hydrogens is 214 g/mol. The molecule has 2 aromatic rings. The predicted octanol–water partition coefficient (Wildman–Crippen LogP) is 2.42. The predicted molar refractivity (Wildman–Crippen MR) is 69.4 cm³/mol. The van der Waals surface area contributed by atoms with Crippen LogP contribution in [0.5, 0.6) is 0 Å². The maximum atomic E-state index is 11.4. The van der Waals surface area contributed by atoms with E-state index in [1.54, 1.807) is 30.6 Å². The molecule has 17 heavy (non-hydrogen) atoms. The summed E-state index contributed by atoms with van der Waals surface area (Å²) in [6.07, 6.45) is 3.20. The van der Waals surface area contributed by atoms with Crippen molar-refractivity contribution >= 4 is 28.7 Å². The fourth-order valence-electron chi connectivity index (χ4n) is 1.81. The van der Waals surface area contributed by atoms with Crippen molar-refractivity contribution in [2.75, 3.05) is 5.73 Å². The summed E-state index contributed by atoms with van der Waals surface area (Å²) in [7, 11) is 0. The number of rotatable bonds is 0. The number of hydrogen-bond donors (Lipinski definition) is 1. The second-order valence-corrected chi connectivity index (χ2v) is 3.38. The largest absolute Gasteiger partial charge is 0.398 e. The van der Waals surface area contributed by atoms with Crippen LogP contribution in [0.1, 0.15) is 29.8 Å². The van der Waals surface area contributed by atoms with Crippen LogP contribution < -0.4 is 5.73 Å². The number of carbonyl (C=O) groups is 1. The van der Waals surface area contributed by atoms with Crippen LogP contribution >= 0.6 is 0 Å². The minimum absolute atomic E-state index is 0.213. The van der Waals surface area contributed by atoms with Gasteiger partial charge in [-0.25, -0.2) is 4.99 Å². The molecular formula is C13H13N3O. The van der Waals surface area contributed by atoms with Crippen molar-refractivity contribution in [1.29, 1.82) is 0 Å². The van der Waals surface area contributed by atoms with Crippen molar-refractivity contribution < 1.29 is 4.79 Å². The average Bonchev–Trinajstić information content (AvgIpc) is 2.74. The maximum Gasteiger partial charge on any atom is 0.277 e. The van der Waals surface area contributed by atoms with Gasteiger partial charge in [0.25, 0.3) is 5.91 Å². The van der Waals surface area contributed by atoms with Gasteiger partial charge < -0.3 is 5.73 Å². The van der Waals surface area contributed by atoms with Gasteiger partial charge in [-0.2, -0.15) is 0 Å². The Morgan fingerprint density at radius 3 is 2.71 bits per heavy atom. The Morgan fingerprint density at radius 2 is 1.94 bits per heavy atom. The smallest absolute Gasteiger partial charge is 0.277 e. The highest BCUT2D eigenvalue weighted by atomic mass is 16.1. The first-order valence-corrected chi connectivity index (χ1v) is 5.53. The van der Waals surface area contributed by atoms with E-state index in [4.69, 9.17) is 5.73 Å². The third kappa shape index (κ3) is 1.67. The molecule has 1 aliphatic heterocycles. The van der Waals surface area contributed by atoms with Crippen LogP contribution in [-0.2, 0) is 0 Å². The van der Waals surface area contributed by atoms with Gasteiger partial charge in [0.05, 0.1) is 11.1 Å². The highest BCUT2D eigenvalue weighted by Gasteiger charge is 2.18. The molecule has 0 fully saturated rings. The summed E-state index contributed by atoms with van der Waals surface area (Å²) in [5.41, 5.74) is 8.65. The van der Waals surface area contributed by atoms with E-state index in [1.807, 2.05) is 13.8 Å². The topological polar surface area (TPSA) is 68.3 Å². The van der Waals surface area contributed by atoms with Crippen LogP contribution in [0.25, 0.3) is 10.9 Å². The number of nitrogens with two attached hydrogens (primary N) is 1. The van der Waals surface area contributed by atoms with E-state index in [0.29, 0.717) is 11.3 Å². The summed E-state index contributed by atoms with van der Waals surface area (Å²) in [6, 6.07) is 5.25. The fraction of sp³-hybridized carbons (Fsp3) is 0.154. The SMILES string of the molecule is CC.Nc1ccnc2ccc3c(c12)C=NC3=O. The van der Waals surface area contributed by atoms with Gasteiger partial charge >= 0.3 is 0 Å². The number of aliphatic imine (C=N–C) groups is 1. The molecule has 1 aromatic carbocycles. The lowest BCUT2D eigenvalue weighted by molar-refractivity contribution is 0.101. The van der Waals surface area contributed by atoms with E-state index in [-0.39, 0.29) is 5.91 Å². The van der Waals surface area contributed by atoms with Gasteiger partial charge in [0.2, 0.25) is 0 Å². The molecule has 0 radical (unpaired) electrons. The Bertz CT molecular complexity index is 617. The van der Waals surface area contributed by atoms with Gasteiger partial charge in [-0.15, -0.1) is 0 Å². The Kier molecular flexibility index (Phi) is 2.87. The maximum absolute atomic E-state index is 11.4. The lowest BCUT2D eigenvalue weighted by atomic mass is 10.0. The monoisotopic (exact) mass is 227 g/mol. The summed E-state index contributed by atoms with van der Waals surface area (Å²) in [5, 5.41) is 0.810. The van der Waals surface area contributed by atoms with E-state index >= 15 is 0 Å². The zero-order valence-electron chi connectivity index (χ0n) is 9.77. The summed E-state index contributed by atoms with van der Waals surface area (Å²) in [4.78, 5) is 19.3. The number of pyridine rings is 1. The number of fused-ring (bicyclic) bond motifs is 3. The van der Waals surface area contributed by atoms with Gasteiger partial charge in [0.15, 0.2) is 0 Å². The first-order valence-electron chi connectivity index (χ1n) is 5.53. The van der Waals surface area contributed by atoms with Crippen molar-refractivity contribution in [3.05, 3.63) is 35.5 Å². The molecule has 4 nitrogen and oxygen atoms in total. The molecule has 0 saturated heterocycles. The first-order chi connectivity index (χ1) is 8.27. The molecule has 0 aliphatic carbocycles. The third-order valence-electron chi connectivity index (χ3n) is 2.52. The second kappa shape index (κ2) is 4.33. The lowest BCUT2D eigenvalue weighted by Gasteiger charge is -2.04. The summed E-state index contributed by atoms with van der Waals surface area (Å²) in [6.45, 7) is 4.00. The summed E-state index contributed by atoms with van der Waals surface area (Å²) in [5.74, 6) is -0.213. The molecule has 2 heterocycles. The van der Waals surface area contributed by atoms with Gasteiger partial charge in [-0.05, 0) is 18.2 Å². The van der Waals surface area contributed by atoms with Gasteiger partial charge in [-0.3, -0.25) is 9.78 Å². The number of nitrogens with zero attached hydrogens (tertiary/aromatic N) is 2. The van der Waals surface area contributed by atoms with Crippen LogP contribution in [0.2, 0.25) is 0 Å². The van der Waals surface area contributed by atoms with Crippen molar-refractivity contribution in [3.63, 3.8) is 0 Å². The van der Waals surface area contributed by atoms with Crippen molar-refractivity contribution in [2.24, 2.45) is 4.99 Å². The number of amides is 1. The van der Waals surface area contributed by atoms with Crippen LogP contribution in [0.4, 0.5) is 5.69 Å². The minimum atomic E-state index is -0.213. The van der Waals surface area contributed by atoms with E-state index in [0.717, 1.165) is 16.5 Å². The first kappa shape index (κ1) is 11.3. The summed E-state index contributed by atoms with van der Waals surface area (Å²) >= 11 is 0.